The molecule has 0 aliphatic heterocycles. The lowest BCUT2D eigenvalue weighted by Crippen LogP contribution is -2.38. The summed E-state index contributed by atoms with van der Waals surface area (Å²) in [5, 5.41) is 2.49. The number of halogens is 2. The molecule has 1 aromatic carbocycles. The molecule has 0 aromatic heterocycles. The van der Waals surface area contributed by atoms with Gasteiger partial charge in [0.2, 0.25) is 5.91 Å². The predicted molar refractivity (Wildman–Crippen MR) is 58.7 cm³/mol. The molecule has 0 radical (unpaired) electrons. The van der Waals surface area contributed by atoms with Gasteiger partial charge in [-0.3, -0.25) is 9.59 Å². The lowest BCUT2D eigenvalue weighted by atomic mass is 10.3. The van der Waals surface area contributed by atoms with Crippen molar-refractivity contribution in [2.45, 2.75) is 6.43 Å². The van der Waals surface area contributed by atoms with Gasteiger partial charge in [-0.05, 0) is 12.1 Å². The maximum absolute atomic E-state index is 12.0. The molecule has 2 amide bonds. The standard InChI is InChI=1S/C11H12F2N2O2/c1-15(11(17)10(12)13)7-9(16)14-8-5-3-2-4-6-8/h2-6,10H,7H2,1H3,(H,14,16). The van der Waals surface area contributed by atoms with Crippen LogP contribution in [0.5, 0.6) is 0 Å². The van der Waals surface area contributed by atoms with Crippen molar-refractivity contribution in [1.29, 1.82) is 0 Å². The van der Waals surface area contributed by atoms with E-state index in [4.69, 9.17) is 0 Å². The van der Waals surface area contributed by atoms with Crippen LogP contribution in [0.4, 0.5) is 14.5 Å². The Hall–Kier alpha value is -1.98. The summed E-state index contributed by atoms with van der Waals surface area (Å²) in [6, 6.07) is 8.55. The quantitative estimate of drug-likeness (QED) is 0.866. The minimum Gasteiger partial charge on any atom is -0.331 e. The molecule has 0 unspecified atom stereocenters. The molecule has 0 bridgehead atoms. The molecule has 4 nitrogen and oxygen atoms in total. The Bertz CT molecular complexity index is 396. The molecule has 6 heteroatoms. The summed E-state index contributed by atoms with van der Waals surface area (Å²) in [4.78, 5) is 22.9. The Balaban J connectivity index is 2.48. The summed E-state index contributed by atoms with van der Waals surface area (Å²) in [5.74, 6) is -1.89. The molecule has 0 heterocycles. The zero-order valence-electron chi connectivity index (χ0n) is 9.19. The predicted octanol–water partition coefficient (Wildman–Crippen LogP) is 1.35. The second-order valence-electron chi connectivity index (χ2n) is 3.41. The molecule has 0 saturated heterocycles. The fourth-order valence-electron chi connectivity index (χ4n) is 1.18. The third kappa shape index (κ3) is 4.18. The number of carbonyl (C=O) groups is 2. The van der Waals surface area contributed by atoms with Crippen LogP contribution in [-0.4, -0.2) is 36.7 Å². The third-order valence-corrected chi connectivity index (χ3v) is 2.00. The van der Waals surface area contributed by atoms with Crippen LogP contribution < -0.4 is 5.32 Å². The van der Waals surface area contributed by atoms with E-state index >= 15 is 0 Å². The van der Waals surface area contributed by atoms with Crippen molar-refractivity contribution in [1.82, 2.24) is 4.90 Å². The van der Waals surface area contributed by atoms with E-state index in [0.29, 0.717) is 10.6 Å². The first-order valence-corrected chi connectivity index (χ1v) is 4.88. The Morgan fingerprint density at radius 3 is 2.41 bits per heavy atom. The van der Waals surface area contributed by atoms with Gasteiger partial charge in [0.05, 0.1) is 6.54 Å². The van der Waals surface area contributed by atoms with Crippen molar-refractivity contribution in [2.24, 2.45) is 0 Å². The van der Waals surface area contributed by atoms with E-state index in [-0.39, 0.29) is 0 Å². The molecule has 0 saturated carbocycles. The van der Waals surface area contributed by atoms with E-state index in [1.807, 2.05) is 0 Å². The number of carbonyl (C=O) groups excluding carboxylic acids is 2. The minimum absolute atomic E-state index is 0.405. The van der Waals surface area contributed by atoms with Gasteiger partial charge in [-0.25, -0.2) is 0 Å². The highest BCUT2D eigenvalue weighted by molar-refractivity contribution is 5.94. The Morgan fingerprint density at radius 1 is 1.29 bits per heavy atom. The highest BCUT2D eigenvalue weighted by Crippen LogP contribution is 2.05. The molecule has 0 spiro atoms. The Morgan fingerprint density at radius 2 is 1.88 bits per heavy atom. The van der Waals surface area contributed by atoms with Crippen LogP contribution in [0, 0.1) is 0 Å². The molecular weight excluding hydrogens is 230 g/mol. The summed E-state index contributed by atoms with van der Waals surface area (Å²) in [6.07, 6.45) is -3.09. The molecule has 17 heavy (non-hydrogen) atoms. The van der Waals surface area contributed by atoms with Crippen molar-refractivity contribution in [3.8, 4) is 0 Å². The van der Waals surface area contributed by atoms with E-state index in [0.717, 1.165) is 7.05 Å². The van der Waals surface area contributed by atoms with Crippen molar-refractivity contribution in [3.63, 3.8) is 0 Å². The molecular formula is C11H12F2N2O2. The van der Waals surface area contributed by atoms with Crippen molar-refractivity contribution >= 4 is 17.5 Å². The van der Waals surface area contributed by atoms with Gasteiger partial charge in [0.1, 0.15) is 0 Å². The van der Waals surface area contributed by atoms with Gasteiger partial charge in [-0.15, -0.1) is 0 Å². The van der Waals surface area contributed by atoms with Crippen LogP contribution in [0.2, 0.25) is 0 Å². The number of rotatable bonds is 4. The fraction of sp³-hybridized carbons (Fsp3) is 0.273. The zero-order chi connectivity index (χ0) is 12.8. The van der Waals surface area contributed by atoms with Gasteiger partial charge in [-0.2, -0.15) is 8.78 Å². The summed E-state index contributed by atoms with van der Waals surface area (Å²) >= 11 is 0. The molecule has 92 valence electrons. The molecule has 0 aliphatic rings. The maximum Gasteiger partial charge on any atom is 0.315 e. The second kappa shape index (κ2) is 5.93. The molecule has 1 aromatic rings. The molecule has 0 aliphatic carbocycles. The lowest BCUT2D eigenvalue weighted by molar-refractivity contribution is -0.143. The Kier molecular flexibility index (Phi) is 4.56. The summed E-state index contributed by atoms with van der Waals surface area (Å²) in [6.45, 7) is -0.405. The van der Waals surface area contributed by atoms with E-state index < -0.39 is 24.8 Å². The molecule has 0 fully saturated rings. The number of nitrogens with one attached hydrogen (secondary N) is 1. The smallest absolute Gasteiger partial charge is 0.315 e. The van der Waals surface area contributed by atoms with Crippen LogP contribution in [-0.2, 0) is 9.59 Å². The van der Waals surface area contributed by atoms with Crippen LogP contribution in [0.25, 0.3) is 0 Å². The highest BCUT2D eigenvalue weighted by Gasteiger charge is 2.21. The first-order valence-electron chi connectivity index (χ1n) is 4.88. The second-order valence-corrected chi connectivity index (χ2v) is 3.41. The number of hydrogen-bond acceptors (Lipinski definition) is 2. The summed E-state index contributed by atoms with van der Waals surface area (Å²) in [7, 11) is 1.15. The molecule has 1 rings (SSSR count). The van der Waals surface area contributed by atoms with Crippen molar-refractivity contribution in [2.75, 3.05) is 18.9 Å². The SMILES string of the molecule is CN(CC(=O)Nc1ccccc1)C(=O)C(F)F. The normalized spacial score (nSPS) is 10.1. The van der Waals surface area contributed by atoms with Gasteiger partial charge in [0, 0.05) is 12.7 Å². The van der Waals surface area contributed by atoms with Gasteiger partial charge in [-0.1, -0.05) is 18.2 Å². The van der Waals surface area contributed by atoms with Gasteiger partial charge >= 0.3 is 6.43 Å². The van der Waals surface area contributed by atoms with Gasteiger partial charge in [0.25, 0.3) is 5.91 Å². The number of alkyl halides is 2. The summed E-state index contributed by atoms with van der Waals surface area (Å²) in [5.41, 5.74) is 0.551. The minimum atomic E-state index is -3.09. The van der Waals surface area contributed by atoms with E-state index in [9.17, 15) is 18.4 Å². The average molecular weight is 242 g/mol. The summed E-state index contributed by atoms with van der Waals surface area (Å²) < 4.78 is 24.1. The number of likely N-dealkylation sites (N-methyl/N-ethyl adjacent to an activating group) is 1. The number of para-hydroxylation sites is 1. The fourth-order valence-corrected chi connectivity index (χ4v) is 1.18. The van der Waals surface area contributed by atoms with E-state index in [2.05, 4.69) is 5.32 Å². The average Bonchev–Trinajstić information content (AvgIpc) is 2.28. The number of anilines is 1. The maximum atomic E-state index is 12.0. The van der Waals surface area contributed by atoms with Crippen molar-refractivity contribution in [3.05, 3.63) is 30.3 Å². The van der Waals surface area contributed by atoms with E-state index in [1.165, 1.54) is 0 Å². The van der Waals surface area contributed by atoms with Gasteiger partial charge in [0.15, 0.2) is 0 Å². The highest BCUT2D eigenvalue weighted by atomic mass is 19.3. The number of benzene rings is 1. The Labute approximate surface area is 97.2 Å². The number of nitrogens with zero attached hydrogens (tertiary/aromatic N) is 1. The third-order valence-electron chi connectivity index (χ3n) is 2.00. The monoisotopic (exact) mass is 242 g/mol. The van der Waals surface area contributed by atoms with Crippen LogP contribution >= 0.6 is 0 Å². The van der Waals surface area contributed by atoms with Gasteiger partial charge < -0.3 is 10.2 Å². The zero-order valence-corrected chi connectivity index (χ0v) is 9.19. The molecule has 1 N–H and O–H groups in total. The lowest BCUT2D eigenvalue weighted by Gasteiger charge is -2.15. The van der Waals surface area contributed by atoms with Crippen LogP contribution in [0.1, 0.15) is 0 Å². The first-order chi connectivity index (χ1) is 8.00. The topological polar surface area (TPSA) is 49.4 Å². The molecule has 0 atom stereocenters. The largest absolute Gasteiger partial charge is 0.331 e. The van der Waals surface area contributed by atoms with Crippen molar-refractivity contribution < 1.29 is 18.4 Å². The van der Waals surface area contributed by atoms with Crippen LogP contribution in [0.3, 0.4) is 0 Å². The number of amides is 2. The van der Waals surface area contributed by atoms with Crippen LogP contribution in [0.15, 0.2) is 30.3 Å². The first kappa shape index (κ1) is 13.1. The number of hydrogen-bond donors (Lipinski definition) is 1. The van der Waals surface area contributed by atoms with E-state index in [1.54, 1.807) is 30.3 Å².